The Hall–Kier alpha value is -2.43. The second kappa shape index (κ2) is 20.5. The molecular formula is C28H51N5O5S. The van der Waals surface area contributed by atoms with E-state index in [2.05, 4.69) is 33.5 Å². The van der Waals surface area contributed by atoms with Crippen molar-refractivity contribution >= 4 is 34.6 Å². The Balaban J connectivity index is 2.52. The summed E-state index contributed by atoms with van der Waals surface area (Å²) in [4.78, 5) is 50.2. The Kier molecular flexibility index (Phi) is 18.2. The molecule has 224 valence electrons. The molecule has 2 unspecified atom stereocenters. The van der Waals surface area contributed by atoms with E-state index in [1.807, 2.05) is 13.8 Å². The van der Waals surface area contributed by atoms with Gasteiger partial charge in [0.05, 0.1) is 5.75 Å². The highest BCUT2D eigenvalue weighted by Gasteiger charge is 2.30. The van der Waals surface area contributed by atoms with Crippen LogP contribution in [-0.2, 0) is 25.2 Å². The molecule has 10 nitrogen and oxygen atoms in total. The van der Waals surface area contributed by atoms with Gasteiger partial charge in [-0.25, -0.2) is 4.79 Å². The van der Waals surface area contributed by atoms with Gasteiger partial charge in [0.1, 0.15) is 12.1 Å². The van der Waals surface area contributed by atoms with Crippen molar-refractivity contribution in [3.63, 3.8) is 0 Å². The predicted octanol–water partition coefficient (Wildman–Crippen LogP) is 2.66. The van der Waals surface area contributed by atoms with E-state index in [0.29, 0.717) is 6.54 Å². The second-order valence-electron chi connectivity index (χ2n) is 10.6. The van der Waals surface area contributed by atoms with E-state index in [1.165, 1.54) is 51.0 Å². The molecule has 5 N–H and O–H groups in total. The quantitative estimate of drug-likeness (QED) is 0.193. The molecular weight excluding hydrogens is 518 g/mol. The number of hydrogen-bond donors (Lipinski definition) is 5. The average Bonchev–Trinajstić information content (AvgIpc) is 2.88. The van der Waals surface area contributed by atoms with Crippen LogP contribution in [0, 0.1) is 5.92 Å². The molecule has 1 heterocycles. The third-order valence-corrected chi connectivity index (χ3v) is 7.94. The van der Waals surface area contributed by atoms with Gasteiger partial charge in [-0.15, -0.1) is 0 Å². The number of carbonyl (C=O) groups is 4. The third kappa shape index (κ3) is 16.3. The lowest BCUT2D eigenvalue weighted by Crippen LogP contribution is -2.58. The van der Waals surface area contributed by atoms with Gasteiger partial charge in [-0.1, -0.05) is 84.6 Å². The summed E-state index contributed by atoms with van der Waals surface area (Å²) in [5.74, 6) is -1.51. The molecule has 0 aromatic heterocycles. The van der Waals surface area contributed by atoms with Gasteiger partial charge in [-0.3, -0.25) is 18.6 Å². The molecule has 0 aromatic carbocycles. The zero-order valence-electron chi connectivity index (χ0n) is 24.3. The van der Waals surface area contributed by atoms with Gasteiger partial charge >= 0.3 is 6.03 Å². The molecule has 0 saturated heterocycles. The number of hydrogen-bond acceptors (Lipinski definition) is 5. The van der Waals surface area contributed by atoms with E-state index in [9.17, 15) is 23.4 Å². The first kappa shape index (κ1) is 34.6. The lowest BCUT2D eigenvalue weighted by molar-refractivity contribution is -0.130. The largest absolute Gasteiger partial charge is 0.352 e. The van der Waals surface area contributed by atoms with Gasteiger partial charge in [-0.05, 0) is 19.3 Å². The third-order valence-electron chi connectivity index (χ3n) is 6.57. The minimum Gasteiger partial charge on any atom is -0.352 e. The summed E-state index contributed by atoms with van der Waals surface area (Å²) in [7, 11) is -1.45. The van der Waals surface area contributed by atoms with Crippen LogP contribution in [0.5, 0.6) is 0 Å². The maximum absolute atomic E-state index is 13.1. The number of carbonyl (C=O) groups excluding carboxylic acids is 4. The topological polar surface area (TPSA) is 146 Å². The van der Waals surface area contributed by atoms with Crippen molar-refractivity contribution in [3.8, 4) is 0 Å². The Morgan fingerprint density at radius 2 is 1.64 bits per heavy atom. The molecule has 0 spiro atoms. The smallest absolute Gasteiger partial charge is 0.315 e. The van der Waals surface area contributed by atoms with Gasteiger partial charge in [-0.2, -0.15) is 0 Å². The SMILES string of the molecule is CCCCCCCCCCCCNC(=O)NC(C(=O)N[C@H]1CS(=O)CCNC(=O)/C=C/[C@H](C)NC1=O)C(C)C. The number of amides is 5. The molecule has 0 aliphatic carbocycles. The van der Waals surface area contributed by atoms with Crippen LogP contribution in [-0.4, -0.2) is 70.7 Å². The molecule has 1 rings (SSSR count). The van der Waals surface area contributed by atoms with Gasteiger partial charge in [0.15, 0.2) is 0 Å². The van der Waals surface area contributed by atoms with Crippen molar-refractivity contribution in [3.05, 3.63) is 12.2 Å². The molecule has 11 heteroatoms. The Labute approximate surface area is 237 Å². The molecule has 0 saturated carbocycles. The number of nitrogens with one attached hydrogen (secondary N) is 5. The van der Waals surface area contributed by atoms with Gasteiger partial charge in [0.25, 0.3) is 0 Å². The summed E-state index contributed by atoms with van der Waals surface area (Å²) in [6, 6.07) is -2.80. The van der Waals surface area contributed by atoms with Crippen LogP contribution in [0.4, 0.5) is 4.79 Å². The maximum atomic E-state index is 13.1. The van der Waals surface area contributed by atoms with Crippen molar-refractivity contribution in [2.75, 3.05) is 24.6 Å². The summed E-state index contributed by atoms with van der Waals surface area (Å²) in [5, 5.41) is 13.6. The summed E-state index contributed by atoms with van der Waals surface area (Å²) in [6.45, 7) is 8.26. The fraction of sp³-hybridized carbons (Fsp3) is 0.786. The zero-order chi connectivity index (χ0) is 29.0. The fourth-order valence-corrected chi connectivity index (χ4v) is 5.31. The van der Waals surface area contributed by atoms with Crippen molar-refractivity contribution in [1.82, 2.24) is 26.6 Å². The van der Waals surface area contributed by atoms with E-state index >= 15 is 0 Å². The molecule has 4 atom stereocenters. The highest BCUT2D eigenvalue weighted by atomic mass is 32.2. The molecule has 1 aliphatic heterocycles. The summed E-state index contributed by atoms with van der Waals surface area (Å²) in [5.41, 5.74) is 0. The van der Waals surface area contributed by atoms with E-state index in [-0.39, 0.29) is 29.9 Å². The lowest BCUT2D eigenvalue weighted by Gasteiger charge is -2.26. The second-order valence-corrected chi connectivity index (χ2v) is 12.2. The van der Waals surface area contributed by atoms with Gasteiger partial charge in [0.2, 0.25) is 17.7 Å². The predicted molar refractivity (Wildman–Crippen MR) is 157 cm³/mol. The van der Waals surface area contributed by atoms with Crippen molar-refractivity contribution in [2.24, 2.45) is 5.92 Å². The van der Waals surface area contributed by atoms with Gasteiger partial charge < -0.3 is 26.6 Å². The minimum atomic E-state index is -1.45. The van der Waals surface area contributed by atoms with Crippen LogP contribution < -0.4 is 26.6 Å². The molecule has 0 bridgehead atoms. The van der Waals surface area contributed by atoms with Crippen molar-refractivity contribution < 1.29 is 23.4 Å². The highest BCUT2D eigenvalue weighted by Crippen LogP contribution is 2.10. The summed E-state index contributed by atoms with van der Waals surface area (Å²) >= 11 is 0. The van der Waals surface area contributed by atoms with E-state index in [0.717, 1.165) is 19.3 Å². The van der Waals surface area contributed by atoms with Crippen molar-refractivity contribution in [1.29, 1.82) is 0 Å². The van der Waals surface area contributed by atoms with Crippen LogP contribution in [0.25, 0.3) is 0 Å². The Morgan fingerprint density at radius 3 is 2.26 bits per heavy atom. The van der Waals surface area contributed by atoms with Crippen molar-refractivity contribution in [2.45, 2.75) is 110 Å². The lowest BCUT2D eigenvalue weighted by atomic mass is 10.0. The first-order valence-corrected chi connectivity index (χ1v) is 16.1. The Morgan fingerprint density at radius 1 is 1.03 bits per heavy atom. The molecule has 0 radical (unpaired) electrons. The maximum Gasteiger partial charge on any atom is 0.315 e. The highest BCUT2D eigenvalue weighted by molar-refractivity contribution is 7.85. The number of unbranched alkanes of at least 4 members (excludes halogenated alkanes) is 9. The van der Waals surface area contributed by atoms with Crippen LogP contribution in [0.1, 0.15) is 91.9 Å². The molecule has 5 amide bonds. The van der Waals surface area contributed by atoms with Gasteiger partial charge in [0, 0.05) is 41.8 Å². The van der Waals surface area contributed by atoms with E-state index < -0.39 is 46.8 Å². The molecule has 39 heavy (non-hydrogen) atoms. The minimum absolute atomic E-state index is 0.0976. The van der Waals surface area contributed by atoms with Crippen LogP contribution in [0.2, 0.25) is 0 Å². The number of rotatable bonds is 15. The summed E-state index contributed by atoms with van der Waals surface area (Å²) < 4.78 is 12.5. The normalized spacial score (nSPS) is 22.0. The molecule has 0 aromatic rings. The van der Waals surface area contributed by atoms with E-state index in [4.69, 9.17) is 0 Å². The zero-order valence-corrected chi connectivity index (χ0v) is 25.1. The Bertz CT molecular complexity index is 820. The van der Waals surface area contributed by atoms with Crippen LogP contribution in [0.15, 0.2) is 12.2 Å². The van der Waals surface area contributed by atoms with Crippen LogP contribution in [0.3, 0.4) is 0 Å². The van der Waals surface area contributed by atoms with Crippen LogP contribution >= 0.6 is 0 Å². The summed E-state index contributed by atoms with van der Waals surface area (Å²) in [6.07, 6.45) is 15.0. The molecule has 1 aliphatic rings. The first-order valence-electron chi connectivity index (χ1n) is 14.6. The standard InChI is InChI=1S/C28H51N5O5S/c1-5-6-7-8-9-10-11-12-13-14-17-30-28(37)33-25(21(2)3)27(36)32-23-20-39(38)19-18-29-24(34)16-15-22(4)31-26(23)35/h15-16,21-23,25H,5-14,17-20H2,1-4H3,(H,29,34)(H,31,35)(H,32,36)(H2,30,33,37)/b16-15+/t22-,23-,25?,39?/m0/s1. The monoisotopic (exact) mass is 569 g/mol. The van der Waals surface area contributed by atoms with E-state index in [1.54, 1.807) is 13.0 Å². The first-order chi connectivity index (χ1) is 18.6. The fourth-order valence-electron chi connectivity index (χ4n) is 4.21. The molecule has 0 fully saturated rings. The average molecular weight is 570 g/mol. The number of urea groups is 1.